The smallest absolute Gasteiger partial charge is 0.339 e. The molecular weight excluding hydrogens is 1120 g/mol. The first kappa shape index (κ1) is 56.4. The van der Waals surface area contributed by atoms with Crippen LogP contribution in [0.3, 0.4) is 0 Å². The number of nitrogens with one attached hydrogen (secondary N) is 1. The molecule has 9 saturated carbocycles. The van der Waals surface area contributed by atoms with Crippen molar-refractivity contribution in [1.82, 2.24) is 10.2 Å². The molecule has 5 saturated heterocycles. The third-order valence-corrected chi connectivity index (χ3v) is 31.4. The molecule has 4 N–H and O–H groups in total. The summed E-state index contributed by atoms with van der Waals surface area (Å²) in [6.45, 7) is 10.6. The molecule has 1 aromatic carbocycles. The summed E-state index contributed by atoms with van der Waals surface area (Å²) < 4.78 is 37.6. The van der Waals surface area contributed by atoms with Crippen molar-refractivity contribution in [3.05, 3.63) is 95.6 Å². The highest BCUT2D eigenvalue weighted by Gasteiger charge is 3.02. The van der Waals surface area contributed by atoms with E-state index in [1.165, 1.54) is 36.8 Å². The molecule has 6 bridgehead atoms. The summed E-state index contributed by atoms with van der Waals surface area (Å²) in [4.78, 5) is 52.8. The van der Waals surface area contributed by atoms with Crippen molar-refractivity contribution in [2.45, 2.75) is 210 Å². The second-order valence-corrected chi connectivity index (χ2v) is 34.5. The number of cyclic esters (lactones) is 2. The molecule has 26 atom stereocenters. The molecule has 89 heavy (non-hydrogen) atoms. The fourth-order valence-electron chi connectivity index (χ4n) is 29.3. The summed E-state index contributed by atoms with van der Waals surface area (Å²) in [5.74, 6) is -0.415. The lowest BCUT2D eigenvalue weighted by molar-refractivity contribution is -0.311. The van der Waals surface area contributed by atoms with Crippen LogP contribution in [0.15, 0.2) is 83.2 Å². The minimum Gasteiger partial charge on any atom is -0.469 e. The second-order valence-electron chi connectivity index (χ2n) is 34.5. The van der Waals surface area contributed by atoms with Gasteiger partial charge >= 0.3 is 11.9 Å². The summed E-state index contributed by atoms with van der Waals surface area (Å²) in [6.07, 6.45) is 29.1. The van der Waals surface area contributed by atoms with Gasteiger partial charge in [0.2, 0.25) is 0 Å². The number of epoxide rings is 1. The Bertz CT molecular complexity index is 3420. The van der Waals surface area contributed by atoms with Gasteiger partial charge in [0.1, 0.15) is 41.2 Å². The summed E-state index contributed by atoms with van der Waals surface area (Å²) in [7, 11) is 0. The fraction of sp³-hybridized carbons (Fsp3) is 0.750. The van der Waals surface area contributed by atoms with Gasteiger partial charge in [0.05, 0.1) is 42.6 Å². The van der Waals surface area contributed by atoms with E-state index in [9.17, 15) is 15.3 Å². The summed E-state index contributed by atoms with van der Waals surface area (Å²) in [6, 6.07) is 13.3. The van der Waals surface area contributed by atoms with Crippen molar-refractivity contribution in [1.29, 1.82) is 0 Å². The zero-order valence-corrected chi connectivity index (χ0v) is 53.1. The number of allylic oxidation sites excluding steroid dienone is 2. The quantitative estimate of drug-likeness (QED) is 0.0949. The van der Waals surface area contributed by atoms with Gasteiger partial charge in [-0.1, -0.05) is 101 Å². The monoisotopic (exact) mass is 1210 g/mol. The first-order chi connectivity index (χ1) is 43.0. The number of ketones is 1. The molecule has 0 amide bonds. The van der Waals surface area contributed by atoms with Crippen LogP contribution in [0.2, 0.25) is 0 Å². The number of benzene rings is 1. The molecule has 19 rings (SSSR count). The van der Waals surface area contributed by atoms with Gasteiger partial charge in [0.25, 0.3) is 0 Å². The van der Waals surface area contributed by atoms with Gasteiger partial charge in [-0.05, 0) is 209 Å². The minimum absolute atomic E-state index is 0.0240. The van der Waals surface area contributed by atoms with Crippen molar-refractivity contribution in [2.75, 3.05) is 26.4 Å². The molecule has 26 unspecified atom stereocenters. The van der Waals surface area contributed by atoms with E-state index >= 15 is 14.4 Å². The first-order valence-corrected chi connectivity index (χ1v) is 35.9. The maximum atomic E-state index is 17.6. The minimum atomic E-state index is -1.52. The lowest BCUT2D eigenvalue weighted by atomic mass is 9.28. The Balaban J connectivity index is 0.833. The van der Waals surface area contributed by atoms with Crippen LogP contribution in [0.4, 0.5) is 0 Å². The Labute approximate surface area is 525 Å². The van der Waals surface area contributed by atoms with Crippen LogP contribution in [0, 0.1) is 115 Å². The highest BCUT2D eigenvalue weighted by Crippen LogP contribution is 2.95. The number of carbonyl (C=O) groups is 3. The number of hydrogen-bond donors (Lipinski definition) is 4. The number of rotatable bonds is 11. The molecule has 14 fully saturated rings. The second kappa shape index (κ2) is 18.4. The van der Waals surface area contributed by atoms with Crippen LogP contribution in [0.5, 0.6) is 0 Å². The number of aliphatic hydroxyl groups is 3. The van der Waals surface area contributed by atoms with Crippen molar-refractivity contribution in [3.63, 3.8) is 0 Å². The molecule has 7 spiro atoms. The van der Waals surface area contributed by atoms with E-state index in [1.807, 2.05) is 6.07 Å². The van der Waals surface area contributed by atoms with E-state index in [-0.39, 0.29) is 89.1 Å². The van der Waals surface area contributed by atoms with Crippen LogP contribution in [0.25, 0.3) is 0 Å². The van der Waals surface area contributed by atoms with Crippen LogP contribution in [0.1, 0.15) is 173 Å². The summed E-state index contributed by atoms with van der Waals surface area (Å²) in [5, 5.41) is 41.6. The zero-order chi connectivity index (χ0) is 60.4. The van der Waals surface area contributed by atoms with Crippen molar-refractivity contribution in [2.24, 2.45) is 115 Å². The number of carbonyl (C=O) groups excluding carboxylic acids is 3. The largest absolute Gasteiger partial charge is 0.469 e. The Morgan fingerprint density at radius 1 is 0.899 bits per heavy atom. The average Bonchev–Trinajstić information content (AvgIpc) is 1.43. The molecule has 1 aromatic heterocycles. The lowest BCUT2D eigenvalue weighted by Gasteiger charge is -2.74. The fourth-order valence-corrected chi connectivity index (χ4v) is 29.3. The van der Waals surface area contributed by atoms with E-state index < -0.39 is 86.1 Å². The van der Waals surface area contributed by atoms with Gasteiger partial charge in [0.15, 0.2) is 11.9 Å². The van der Waals surface area contributed by atoms with Gasteiger partial charge in [-0.15, -0.1) is 0 Å². The SMILES string of the molecule is CC(C)CC1C=C2CC3CC4C=CC56C(=O)OCC78C(C(=O)C(O)C9(C%10CCCC(Cc%11ccccc%11)C%10)C7C(CC7(C)C(c%10ccoc%10CC(C(O)CO)C%10CCC%11C(C=CN%12CNCC%11%12)C%10)OC(=O)C%10OC%1079)CC35C43CCC4(CCCC4)C3)C1(C)OC286. The summed E-state index contributed by atoms with van der Waals surface area (Å²) in [5.41, 5.74) is -5.80. The molecule has 13 heteroatoms. The molecule has 7 aliphatic heterocycles. The number of aliphatic hydroxyl groups excluding tert-OH is 3. The maximum absolute atomic E-state index is 17.6. The number of nitrogens with zero attached hydrogens (tertiary/aromatic N) is 1. The molecule has 10 aliphatic carbocycles. The first-order valence-electron chi connectivity index (χ1n) is 35.9. The Kier molecular flexibility index (Phi) is 11.7. The molecule has 2 aromatic rings. The van der Waals surface area contributed by atoms with Crippen molar-refractivity contribution >= 4 is 17.7 Å². The van der Waals surface area contributed by atoms with E-state index in [1.54, 1.807) is 6.26 Å². The highest BCUT2D eigenvalue weighted by molar-refractivity contribution is 5.96. The number of hydrogen-bond acceptors (Lipinski definition) is 13. The van der Waals surface area contributed by atoms with Crippen LogP contribution in [-0.4, -0.2) is 106 Å². The molecular formula is C76H96N2O11. The van der Waals surface area contributed by atoms with Gasteiger partial charge in [-0.25, -0.2) is 4.79 Å². The average molecular weight is 1210 g/mol. The van der Waals surface area contributed by atoms with Gasteiger partial charge < -0.3 is 43.6 Å². The maximum Gasteiger partial charge on any atom is 0.339 e. The molecule has 476 valence electrons. The van der Waals surface area contributed by atoms with Crippen LogP contribution < -0.4 is 5.32 Å². The predicted molar refractivity (Wildman–Crippen MR) is 328 cm³/mol. The Morgan fingerprint density at radius 3 is 2.56 bits per heavy atom. The number of esters is 2. The number of Topliss-reactive ketones (excluding diaryl/α,β-unsaturated/α-hetero) is 1. The number of furan rings is 1. The van der Waals surface area contributed by atoms with E-state index in [0.717, 1.165) is 115 Å². The predicted octanol–water partition coefficient (Wildman–Crippen LogP) is 10.9. The molecule has 8 heterocycles. The van der Waals surface area contributed by atoms with Gasteiger partial charge in [0, 0.05) is 46.7 Å². The zero-order valence-electron chi connectivity index (χ0n) is 53.1. The third kappa shape index (κ3) is 6.30. The molecule has 0 radical (unpaired) electrons. The van der Waals surface area contributed by atoms with Gasteiger partial charge in [-0.3, -0.25) is 14.9 Å². The highest BCUT2D eigenvalue weighted by atomic mass is 16.7. The lowest BCUT2D eigenvalue weighted by Crippen LogP contribution is -2.84. The van der Waals surface area contributed by atoms with E-state index in [2.05, 4.69) is 98.7 Å². The van der Waals surface area contributed by atoms with E-state index in [4.69, 9.17) is 23.4 Å². The Morgan fingerprint density at radius 2 is 1.74 bits per heavy atom. The van der Waals surface area contributed by atoms with E-state index in [0.29, 0.717) is 36.5 Å². The van der Waals surface area contributed by atoms with Crippen LogP contribution >= 0.6 is 0 Å². The van der Waals surface area contributed by atoms with Crippen LogP contribution in [-0.2, 0) is 46.2 Å². The standard InChI is InChI=1S/C76H96N2O11/c1-42(2)27-50-32-52-33-51-31-48-17-22-72-66(84)86-40-71-60-47(36-73(51,72)70(48)24-23-69(39-70)20-8-9-21-69)35-67(3)63(54-19-26-85-58(54)34-55(57(80)38-79)45-15-16-53-46(30-45)18-25-78-41-77-37-56(53)78)87-65(83)64-76(67,88-64)74(60,62(82)59(81)61(71)68(50,4)89-75(52,71)72)49-14-10-13-44(29-49)28-43-11-6-5-7-12-43/h5-7,11-12,17-19,22,25-26,32,42,44-51,53,55-57,60-64,77,79-80,82H,8-10,13-16,20-21,23-24,27-31,33-41H2,1-4H3. The normalized spacial score (nSPS) is 52.1. The third-order valence-electron chi connectivity index (χ3n) is 31.4. The van der Waals surface area contributed by atoms with Crippen molar-refractivity contribution < 1.29 is 53.1 Å². The number of fused-ring (bicyclic) bond motifs is 5. The van der Waals surface area contributed by atoms with Crippen molar-refractivity contribution in [3.8, 4) is 0 Å². The topological polar surface area (TPSA) is 181 Å². The summed E-state index contributed by atoms with van der Waals surface area (Å²) >= 11 is 0. The van der Waals surface area contributed by atoms with Gasteiger partial charge in [-0.2, -0.15) is 0 Å². The molecule has 13 nitrogen and oxygen atoms in total. The molecule has 17 aliphatic rings. The Hall–Kier alpha value is -4.11. The number of ether oxygens (including phenoxy) is 4.